The molecule has 0 radical (unpaired) electrons. The first-order valence-electron chi connectivity index (χ1n) is 12.3. The Labute approximate surface area is 210 Å². The first-order chi connectivity index (χ1) is 17.5. The summed E-state index contributed by atoms with van der Waals surface area (Å²) < 4.78 is 8.93. The quantitative estimate of drug-likeness (QED) is 0.246. The smallest absolute Gasteiger partial charge is 0.224 e. The highest BCUT2D eigenvalue weighted by molar-refractivity contribution is 6.15. The van der Waals surface area contributed by atoms with Gasteiger partial charge in [-0.15, -0.1) is 0 Å². The highest BCUT2D eigenvalue weighted by atomic mass is 16.3. The number of hydrogen-bond acceptors (Lipinski definition) is 2. The molecule has 174 valence electrons. The second-order valence-electron chi connectivity index (χ2n) is 9.86. The van der Waals surface area contributed by atoms with Gasteiger partial charge in [0.05, 0.1) is 22.6 Å². The Morgan fingerprint density at radius 3 is 2.22 bits per heavy atom. The van der Waals surface area contributed by atoms with E-state index in [0.717, 1.165) is 49.9 Å². The van der Waals surface area contributed by atoms with E-state index in [4.69, 9.17) is 4.42 Å². The standard InChI is InChI=1S/C33H27N2O/c1-20(2)23-11-14-26-24(18-23)16-17-35(4)31(26)29-21(3)10-13-27-28-15-12-25(19-34)30(33(28)36-32(27)29)22-8-6-5-7-9-22/h5-18,20H,1-4H3/q+1. The summed E-state index contributed by atoms with van der Waals surface area (Å²) in [5.41, 5.74) is 8.76. The zero-order chi connectivity index (χ0) is 25.0. The van der Waals surface area contributed by atoms with Gasteiger partial charge in [0.1, 0.15) is 18.2 Å². The molecule has 0 amide bonds. The second-order valence-corrected chi connectivity index (χ2v) is 9.86. The summed E-state index contributed by atoms with van der Waals surface area (Å²) in [4.78, 5) is 0. The van der Waals surface area contributed by atoms with Crippen LogP contribution in [0.15, 0.2) is 89.5 Å². The Bertz CT molecular complexity index is 1840. The number of benzene rings is 4. The van der Waals surface area contributed by atoms with E-state index in [9.17, 15) is 5.26 Å². The van der Waals surface area contributed by atoms with Crippen LogP contribution < -0.4 is 4.57 Å². The molecule has 0 aliphatic rings. The topological polar surface area (TPSA) is 40.8 Å². The summed E-state index contributed by atoms with van der Waals surface area (Å²) in [5, 5.41) is 14.4. The summed E-state index contributed by atoms with van der Waals surface area (Å²) >= 11 is 0. The fourth-order valence-electron chi connectivity index (χ4n) is 5.34. The summed E-state index contributed by atoms with van der Waals surface area (Å²) in [5.74, 6) is 0.470. The average molecular weight is 468 g/mol. The van der Waals surface area contributed by atoms with Gasteiger partial charge in [-0.3, -0.25) is 0 Å². The Hall–Kier alpha value is -4.42. The van der Waals surface area contributed by atoms with Gasteiger partial charge in [0, 0.05) is 22.4 Å². The first-order valence-corrected chi connectivity index (χ1v) is 12.3. The van der Waals surface area contributed by atoms with Crippen molar-refractivity contribution in [1.29, 1.82) is 5.26 Å². The zero-order valence-electron chi connectivity index (χ0n) is 21.0. The van der Waals surface area contributed by atoms with Crippen LogP contribution in [0.3, 0.4) is 0 Å². The molecule has 2 heterocycles. The largest absolute Gasteiger partial charge is 0.454 e. The van der Waals surface area contributed by atoms with Crippen LogP contribution in [0.5, 0.6) is 0 Å². The van der Waals surface area contributed by atoms with Gasteiger partial charge in [0.2, 0.25) is 5.69 Å². The maximum absolute atomic E-state index is 9.91. The molecule has 0 fully saturated rings. The van der Waals surface area contributed by atoms with Gasteiger partial charge in [-0.1, -0.05) is 68.4 Å². The lowest BCUT2D eigenvalue weighted by atomic mass is 9.94. The number of rotatable bonds is 3. The summed E-state index contributed by atoms with van der Waals surface area (Å²) in [6.45, 7) is 6.59. The monoisotopic (exact) mass is 467 g/mol. The number of pyridine rings is 1. The molecule has 0 N–H and O–H groups in total. The van der Waals surface area contributed by atoms with Crippen molar-refractivity contribution >= 4 is 32.7 Å². The van der Waals surface area contributed by atoms with Gasteiger partial charge in [-0.05, 0) is 53.1 Å². The molecule has 3 nitrogen and oxygen atoms in total. The summed E-state index contributed by atoms with van der Waals surface area (Å²) in [6, 6.07) is 29.6. The molecule has 6 rings (SSSR count). The fraction of sp³-hybridized carbons (Fsp3) is 0.152. The number of hydrogen-bond donors (Lipinski definition) is 0. The number of furan rings is 1. The number of fused-ring (bicyclic) bond motifs is 4. The van der Waals surface area contributed by atoms with Crippen molar-refractivity contribution in [2.45, 2.75) is 26.7 Å². The molecular formula is C33H27N2O+. The van der Waals surface area contributed by atoms with E-state index in [1.54, 1.807) is 0 Å². The third-order valence-corrected chi connectivity index (χ3v) is 7.27. The zero-order valence-corrected chi connectivity index (χ0v) is 21.0. The minimum atomic E-state index is 0.470. The van der Waals surface area contributed by atoms with Crippen LogP contribution in [0.25, 0.3) is 55.1 Å². The van der Waals surface area contributed by atoms with Crippen LogP contribution in [0.1, 0.15) is 36.5 Å². The van der Waals surface area contributed by atoms with Gasteiger partial charge in [-0.25, -0.2) is 4.57 Å². The van der Waals surface area contributed by atoms with Crippen LogP contribution in [0, 0.1) is 18.3 Å². The van der Waals surface area contributed by atoms with Crippen molar-refractivity contribution in [3.63, 3.8) is 0 Å². The third-order valence-electron chi connectivity index (χ3n) is 7.27. The predicted molar refractivity (Wildman–Crippen MR) is 147 cm³/mol. The van der Waals surface area contributed by atoms with Crippen molar-refractivity contribution < 1.29 is 8.98 Å². The number of nitrogens with zero attached hydrogens (tertiary/aromatic N) is 2. The Morgan fingerprint density at radius 2 is 1.50 bits per heavy atom. The first kappa shape index (κ1) is 22.1. The molecule has 36 heavy (non-hydrogen) atoms. The lowest BCUT2D eigenvalue weighted by Crippen LogP contribution is -2.30. The van der Waals surface area contributed by atoms with Crippen LogP contribution in [-0.4, -0.2) is 0 Å². The van der Waals surface area contributed by atoms with Crippen molar-refractivity contribution in [3.05, 3.63) is 102 Å². The van der Waals surface area contributed by atoms with E-state index in [0.29, 0.717) is 11.5 Å². The molecule has 4 aromatic carbocycles. The lowest BCUT2D eigenvalue weighted by Gasteiger charge is -2.11. The molecular weight excluding hydrogens is 440 g/mol. The molecule has 3 heteroatoms. The Morgan fingerprint density at radius 1 is 0.806 bits per heavy atom. The van der Waals surface area contributed by atoms with E-state index < -0.39 is 0 Å². The average Bonchev–Trinajstić information content (AvgIpc) is 3.27. The molecule has 6 aromatic rings. The van der Waals surface area contributed by atoms with Crippen molar-refractivity contribution in [2.75, 3.05) is 0 Å². The van der Waals surface area contributed by atoms with Crippen LogP contribution >= 0.6 is 0 Å². The van der Waals surface area contributed by atoms with Gasteiger partial charge >= 0.3 is 0 Å². The molecule has 0 bridgehead atoms. The molecule has 2 aromatic heterocycles. The third kappa shape index (κ3) is 3.30. The van der Waals surface area contributed by atoms with E-state index >= 15 is 0 Å². The number of aromatic nitrogens is 1. The lowest BCUT2D eigenvalue weighted by molar-refractivity contribution is -0.659. The van der Waals surface area contributed by atoms with Gasteiger partial charge < -0.3 is 4.42 Å². The van der Waals surface area contributed by atoms with E-state index in [1.807, 2.05) is 42.5 Å². The molecule has 0 aliphatic heterocycles. The van der Waals surface area contributed by atoms with Gasteiger partial charge in [0.15, 0.2) is 6.20 Å². The summed E-state index contributed by atoms with van der Waals surface area (Å²) in [6.07, 6.45) is 2.13. The number of nitriles is 1. The molecule has 0 unspecified atom stereocenters. The molecule has 0 saturated carbocycles. The van der Waals surface area contributed by atoms with Crippen LogP contribution in [-0.2, 0) is 7.05 Å². The Balaban J connectivity index is 1.73. The van der Waals surface area contributed by atoms with Gasteiger partial charge in [0.25, 0.3) is 0 Å². The maximum atomic E-state index is 9.91. The highest BCUT2D eigenvalue weighted by Gasteiger charge is 2.25. The van der Waals surface area contributed by atoms with E-state index in [2.05, 4.69) is 81.1 Å². The fourth-order valence-corrected chi connectivity index (χ4v) is 5.34. The Kier molecular flexibility index (Phi) is 5.12. The summed E-state index contributed by atoms with van der Waals surface area (Å²) in [7, 11) is 2.09. The predicted octanol–water partition coefficient (Wildman–Crippen LogP) is 8.20. The molecule has 0 saturated heterocycles. The normalized spacial score (nSPS) is 11.6. The molecule has 0 atom stereocenters. The van der Waals surface area contributed by atoms with E-state index in [-0.39, 0.29) is 0 Å². The van der Waals surface area contributed by atoms with Crippen molar-refractivity contribution in [1.82, 2.24) is 0 Å². The highest BCUT2D eigenvalue weighted by Crippen LogP contribution is 2.43. The number of aryl methyl sites for hydroxylation is 2. The van der Waals surface area contributed by atoms with Crippen LogP contribution in [0.4, 0.5) is 0 Å². The van der Waals surface area contributed by atoms with E-state index in [1.165, 1.54) is 16.3 Å². The minimum Gasteiger partial charge on any atom is -0.454 e. The van der Waals surface area contributed by atoms with Crippen molar-refractivity contribution in [2.24, 2.45) is 7.05 Å². The van der Waals surface area contributed by atoms with Crippen LogP contribution in [0.2, 0.25) is 0 Å². The van der Waals surface area contributed by atoms with Crippen molar-refractivity contribution in [3.8, 4) is 28.5 Å². The SMILES string of the molecule is Cc1ccc2c(oc3c(-c4ccccc4)c(C#N)ccc32)c1-c1c2ccc(C(C)C)cc2cc[n+]1C. The molecule has 0 spiro atoms. The maximum Gasteiger partial charge on any atom is 0.224 e. The minimum absolute atomic E-state index is 0.470. The molecule has 0 aliphatic carbocycles. The second kappa shape index (κ2) is 8.36. The van der Waals surface area contributed by atoms with Gasteiger partial charge in [-0.2, -0.15) is 5.26 Å².